The maximum Gasteiger partial charge on any atom is 0.329 e. The first kappa shape index (κ1) is 23.9. The predicted octanol–water partition coefficient (Wildman–Crippen LogP) is 2.95. The molecule has 0 radical (unpaired) electrons. The standard InChI is InChI=1S/C24H29N3O6S/c1-27(18-12-13-21-22(15-18)33-16-32-21)23(28)20(14-17-8-4-2-5-9-17)25-24(29)26-34(30,31)19-10-6-3-7-11-19/h2,4-5,8-9,12-13,15,19-20H,3,6-7,10-11,14,16H2,1H3,(H2,25,26,29)/t20-/m0/s1. The lowest BCUT2D eigenvalue weighted by atomic mass is 10.0. The van der Waals surface area contributed by atoms with Crippen LogP contribution in [0.15, 0.2) is 48.5 Å². The second-order valence-electron chi connectivity index (χ2n) is 8.56. The topological polar surface area (TPSA) is 114 Å². The molecule has 0 bridgehead atoms. The summed E-state index contributed by atoms with van der Waals surface area (Å²) in [4.78, 5) is 27.5. The van der Waals surface area contributed by atoms with Crippen LogP contribution in [0.5, 0.6) is 11.5 Å². The number of anilines is 1. The number of fused-ring (bicyclic) bond motifs is 1. The Morgan fingerprint density at radius 1 is 1.03 bits per heavy atom. The van der Waals surface area contributed by atoms with Crippen molar-refractivity contribution in [3.63, 3.8) is 0 Å². The molecule has 2 aromatic rings. The summed E-state index contributed by atoms with van der Waals surface area (Å²) in [7, 11) is -2.23. The summed E-state index contributed by atoms with van der Waals surface area (Å²) in [5.41, 5.74) is 1.39. The van der Waals surface area contributed by atoms with Crippen molar-refractivity contribution < 1.29 is 27.5 Å². The number of sulfonamides is 1. The molecule has 0 unspecified atom stereocenters. The second-order valence-corrected chi connectivity index (χ2v) is 10.5. The minimum Gasteiger partial charge on any atom is -0.454 e. The number of hydrogen-bond donors (Lipinski definition) is 2. The van der Waals surface area contributed by atoms with E-state index >= 15 is 0 Å². The molecule has 2 aliphatic rings. The molecule has 0 spiro atoms. The number of hydrogen-bond acceptors (Lipinski definition) is 6. The molecule has 1 saturated carbocycles. The third-order valence-corrected chi connectivity index (χ3v) is 8.01. The number of benzene rings is 2. The molecule has 34 heavy (non-hydrogen) atoms. The Balaban J connectivity index is 1.50. The van der Waals surface area contributed by atoms with Crippen LogP contribution in [0.25, 0.3) is 0 Å². The minimum absolute atomic E-state index is 0.115. The molecule has 10 heteroatoms. The lowest BCUT2D eigenvalue weighted by Gasteiger charge is -2.26. The van der Waals surface area contributed by atoms with Crippen molar-refractivity contribution in [2.45, 2.75) is 49.8 Å². The van der Waals surface area contributed by atoms with Crippen LogP contribution in [0.4, 0.5) is 10.5 Å². The molecule has 0 saturated heterocycles. The number of ether oxygens (including phenoxy) is 2. The Morgan fingerprint density at radius 3 is 2.47 bits per heavy atom. The largest absolute Gasteiger partial charge is 0.454 e. The van der Waals surface area contributed by atoms with Crippen LogP contribution in [0.1, 0.15) is 37.7 Å². The molecule has 1 aliphatic heterocycles. The number of likely N-dealkylation sites (N-methyl/N-ethyl adjacent to an activating group) is 1. The van der Waals surface area contributed by atoms with Crippen LogP contribution in [-0.4, -0.2) is 45.5 Å². The summed E-state index contributed by atoms with van der Waals surface area (Å²) in [6.07, 6.45) is 3.90. The van der Waals surface area contributed by atoms with Crippen LogP contribution in [0.2, 0.25) is 0 Å². The normalized spacial score (nSPS) is 16.5. The zero-order valence-corrected chi connectivity index (χ0v) is 19.8. The number of urea groups is 1. The van der Waals surface area contributed by atoms with Crippen LogP contribution in [0, 0.1) is 0 Å². The van der Waals surface area contributed by atoms with Crippen molar-refractivity contribution in [3.05, 3.63) is 54.1 Å². The van der Waals surface area contributed by atoms with Crippen LogP contribution in [0.3, 0.4) is 0 Å². The zero-order chi connectivity index (χ0) is 24.1. The van der Waals surface area contributed by atoms with Crippen molar-refractivity contribution in [2.24, 2.45) is 0 Å². The molecule has 2 N–H and O–H groups in total. The Kier molecular flexibility index (Phi) is 7.26. The highest BCUT2D eigenvalue weighted by Crippen LogP contribution is 2.35. The van der Waals surface area contributed by atoms with Gasteiger partial charge >= 0.3 is 6.03 Å². The lowest BCUT2D eigenvalue weighted by Crippen LogP contribution is -2.53. The van der Waals surface area contributed by atoms with Gasteiger partial charge in [-0.3, -0.25) is 4.79 Å². The highest BCUT2D eigenvalue weighted by molar-refractivity contribution is 7.90. The highest BCUT2D eigenvalue weighted by Gasteiger charge is 2.31. The van der Waals surface area contributed by atoms with Gasteiger partial charge in [0.1, 0.15) is 6.04 Å². The molecule has 0 aromatic heterocycles. The molecule has 4 rings (SSSR count). The van der Waals surface area contributed by atoms with Crippen molar-refractivity contribution in [2.75, 3.05) is 18.7 Å². The van der Waals surface area contributed by atoms with Crippen molar-refractivity contribution in [3.8, 4) is 11.5 Å². The number of nitrogens with zero attached hydrogens (tertiary/aromatic N) is 1. The third kappa shape index (κ3) is 5.61. The predicted molar refractivity (Wildman–Crippen MR) is 127 cm³/mol. The number of carbonyl (C=O) groups is 2. The number of amides is 3. The Hall–Kier alpha value is -3.27. The van der Waals surface area contributed by atoms with E-state index in [1.54, 1.807) is 25.2 Å². The summed E-state index contributed by atoms with van der Waals surface area (Å²) in [6, 6.07) is 12.5. The Labute approximate surface area is 199 Å². The van der Waals surface area contributed by atoms with E-state index in [2.05, 4.69) is 10.0 Å². The molecule has 1 atom stereocenters. The van der Waals surface area contributed by atoms with E-state index in [4.69, 9.17) is 9.47 Å². The fraction of sp³-hybridized carbons (Fsp3) is 0.417. The first-order chi connectivity index (χ1) is 16.3. The van der Waals surface area contributed by atoms with Gasteiger partial charge in [-0.25, -0.2) is 17.9 Å². The molecule has 1 heterocycles. The van der Waals surface area contributed by atoms with E-state index in [1.807, 2.05) is 30.3 Å². The zero-order valence-electron chi connectivity index (χ0n) is 19.0. The fourth-order valence-electron chi connectivity index (χ4n) is 4.28. The summed E-state index contributed by atoms with van der Waals surface area (Å²) in [5.74, 6) is 0.727. The van der Waals surface area contributed by atoms with Gasteiger partial charge in [-0.05, 0) is 30.5 Å². The maximum atomic E-state index is 13.4. The van der Waals surface area contributed by atoms with Crippen LogP contribution in [-0.2, 0) is 21.2 Å². The molecular weight excluding hydrogens is 458 g/mol. The smallest absolute Gasteiger partial charge is 0.329 e. The minimum atomic E-state index is -3.82. The summed E-state index contributed by atoms with van der Waals surface area (Å²) in [6.45, 7) is 0.115. The second kappa shape index (κ2) is 10.3. The van der Waals surface area contributed by atoms with Gasteiger partial charge in [0.05, 0.1) is 5.25 Å². The van der Waals surface area contributed by atoms with Gasteiger partial charge in [0.2, 0.25) is 22.7 Å². The first-order valence-corrected chi connectivity index (χ1v) is 12.9. The molecule has 9 nitrogen and oxygen atoms in total. The van der Waals surface area contributed by atoms with Gasteiger partial charge in [-0.1, -0.05) is 49.6 Å². The average Bonchev–Trinajstić information content (AvgIpc) is 3.31. The molecular formula is C24H29N3O6S. The van der Waals surface area contributed by atoms with Crippen molar-refractivity contribution in [1.29, 1.82) is 0 Å². The quantitative estimate of drug-likeness (QED) is 0.621. The Morgan fingerprint density at radius 2 is 1.74 bits per heavy atom. The van der Waals surface area contributed by atoms with Gasteiger partial charge in [0.25, 0.3) is 0 Å². The van der Waals surface area contributed by atoms with Gasteiger partial charge in [0.15, 0.2) is 11.5 Å². The third-order valence-electron chi connectivity index (χ3n) is 6.19. The molecule has 2 aromatic carbocycles. The van der Waals surface area contributed by atoms with Crippen molar-refractivity contribution >= 4 is 27.6 Å². The van der Waals surface area contributed by atoms with E-state index in [0.29, 0.717) is 30.0 Å². The number of nitrogens with one attached hydrogen (secondary N) is 2. The van der Waals surface area contributed by atoms with Gasteiger partial charge < -0.3 is 19.7 Å². The SMILES string of the molecule is CN(C(=O)[C@H](Cc1ccccc1)NC(=O)NS(=O)(=O)C1CCCCC1)c1ccc2c(c1)OCO2. The number of carbonyl (C=O) groups excluding carboxylic acids is 2. The molecule has 182 valence electrons. The molecule has 1 aliphatic carbocycles. The van der Waals surface area contributed by atoms with E-state index in [9.17, 15) is 18.0 Å². The molecule has 3 amide bonds. The van der Waals surface area contributed by atoms with Gasteiger partial charge in [-0.15, -0.1) is 0 Å². The summed E-state index contributed by atoms with van der Waals surface area (Å²) in [5, 5.41) is 2.00. The molecule has 1 fully saturated rings. The van der Waals surface area contributed by atoms with Crippen LogP contribution < -0.4 is 24.4 Å². The monoisotopic (exact) mass is 487 g/mol. The fourth-order valence-corrected chi connectivity index (χ4v) is 5.72. The average molecular weight is 488 g/mol. The van der Waals surface area contributed by atoms with E-state index < -0.39 is 33.3 Å². The van der Waals surface area contributed by atoms with E-state index in [1.165, 1.54) is 4.90 Å². The lowest BCUT2D eigenvalue weighted by molar-refractivity contribution is -0.120. The summed E-state index contributed by atoms with van der Waals surface area (Å²) < 4.78 is 38.2. The summed E-state index contributed by atoms with van der Waals surface area (Å²) >= 11 is 0. The van der Waals surface area contributed by atoms with E-state index in [-0.39, 0.29) is 13.2 Å². The Bertz CT molecular complexity index is 1130. The van der Waals surface area contributed by atoms with Crippen molar-refractivity contribution in [1.82, 2.24) is 10.0 Å². The van der Waals surface area contributed by atoms with Crippen LogP contribution >= 0.6 is 0 Å². The first-order valence-electron chi connectivity index (χ1n) is 11.4. The van der Waals surface area contributed by atoms with E-state index in [0.717, 1.165) is 24.8 Å². The number of rotatable bonds is 7. The van der Waals surface area contributed by atoms with Gasteiger partial charge in [-0.2, -0.15) is 0 Å². The highest BCUT2D eigenvalue weighted by atomic mass is 32.2. The van der Waals surface area contributed by atoms with Gasteiger partial charge in [0, 0.05) is 25.2 Å². The maximum absolute atomic E-state index is 13.4.